The fourth-order valence-corrected chi connectivity index (χ4v) is 4.02. The predicted octanol–water partition coefficient (Wildman–Crippen LogP) is 4.85. The van der Waals surface area contributed by atoms with Crippen molar-refractivity contribution in [2.75, 3.05) is 13.2 Å². The normalized spacial score (nSPS) is 18.6. The van der Waals surface area contributed by atoms with E-state index in [4.69, 9.17) is 9.84 Å². The first kappa shape index (κ1) is 18.5. The monoisotopic (exact) mass is 372 g/mol. The van der Waals surface area contributed by atoms with Gasteiger partial charge in [0.25, 0.3) is 0 Å². The second-order valence-electron chi connectivity index (χ2n) is 7.17. The van der Waals surface area contributed by atoms with Gasteiger partial charge in [0.05, 0.1) is 6.61 Å². The number of carbonyl (C=O) groups excluding carboxylic acids is 1. The van der Waals surface area contributed by atoms with Crippen molar-refractivity contribution in [3.63, 3.8) is 0 Å². The van der Waals surface area contributed by atoms with Crippen LogP contribution in [-0.4, -0.2) is 24.3 Å². The molecule has 0 bridgehead atoms. The molecule has 2 aromatic rings. The lowest BCUT2D eigenvalue weighted by Gasteiger charge is -2.22. The van der Waals surface area contributed by atoms with Crippen molar-refractivity contribution in [1.29, 1.82) is 0 Å². The number of ether oxygens (including phenoxy) is 1. The van der Waals surface area contributed by atoms with E-state index in [0.717, 1.165) is 5.57 Å². The average molecular weight is 372 g/mol. The SMILES string of the molecule is O=C(C=C(C1C=Cc2ccccc21)C1C=Cc2ccccc21)OCCCCO. The number of hydrogen-bond acceptors (Lipinski definition) is 3. The van der Waals surface area contributed by atoms with Crippen LogP contribution in [0.3, 0.4) is 0 Å². The van der Waals surface area contributed by atoms with Crippen molar-refractivity contribution in [3.8, 4) is 0 Å². The van der Waals surface area contributed by atoms with Crippen LogP contribution in [-0.2, 0) is 9.53 Å². The number of benzene rings is 2. The van der Waals surface area contributed by atoms with Gasteiger partial charge >= 0.3 is 5.97 Å². The lowest BCUT2D eigenvalue weighted by Crippen LogP contribution is -2.11. The minimum absolute atomic E-state index is 0.0574. The fraction of sp³-hybridized carbons (Fsp3) is 0.240. The third-order valence-electron chi connectivity index (χ3n) is 5.40. The summed E-state index contributed by atoms with van der Waals surface area (Å²) in [5.41, 5.74) is 5.88. The number of fused-ring (bicyclic) bond motifs is 2. The van der Waals surface area contributed by atoms with Crippen molar-refractivity contribution < 1.29 is 14.6 Å². The summed E-state index contributed by atoms with van der Waals surface area (Å²) in [5.74, 6) is -0.201. The quantitative estimate of drug-likeness (QED) is 0.429. The number of aliphatic hydroxyl groups excluding tert-OH is 1. The lowest BCUT2D eigenvalue weighted by atomic mass is 9.81. The van der Waals surface area contributed by atoms with Gasteiger partial charge in [-0.15, -0.1) is 0 Å². The topological polar surface area (TPSA) is 46.5 Å². The molecule has 2 unspecified atom stereocenters. The Bertz CT molecular complexity index is 888. The van der Waals surface area contributed by atoms with Gasteiger partial charge in [-0.3, -0.25) is 0 Å². The Morgan fingerprint density at radius 3 is 2.04 bits per heavy atom. The summed E-state index contributed by atoms with van der Waals surface area (Å²) < 4.78 is 5.40. The predicted molar refractivity (Wildman–Crippen MR) is 112 cm³/mol. The maximum Gasteiger partial charge on any atom is 0.330 e. The van der Waals surface area contributed by atoms with E-state index in [1.165, 1.54) is 22.3 Å². The van der Waals surface area contributed by atoms with E-state index in [1.54, 1.807) is 6.08 Å². The molecule has 2 aliphatic carbocycles. The van der Waals surface area contributed by atoms with Crippen LogP contribution in [0.1, 0.15) is 46.9 Å². The number of esters is 1. The highest BCUT2D eigenvalue weighted by atomic mass is 16.5. The highest BCUT2D eigenvalue weighted by molar-refractivity contribution is 5.85. The molecule has 4 rings (SSSR count). The summed E-state index contributed by atoms with van der Waals surface area (Å²) in [6.45, 7) is 0.448. The number of hydrogen-bond donors (Lipinski definition) is 1. The van der Waals surface area contributed by atoms with Gasteiger partial charge < -0.3 is 9.84 Å². The van der Waals surface area contributed by atoms with E-state index in [2.05, 4.69) is 48.6 Å². The van der Waals surface area contributed by atoms with Crippen molar-refractivity contribution >= 4 is 18.1 Å². The molecule has 0 heterocycles. The smallest absolute Gasteiger partial charge is 0.330 e. The first-order valence-corrected chi connectivity index (χ1v) is 9.81. The maximum atomic E-state index is 12.5. The molecule has 0 spiro atoms. The van der Waals surface area contributed by atoms with Crippen molar-refractivity contribution in [3.05, 3.63) is 94.6 Å². The Hall–Kier alpha value is -2.91. The van der Waals surface area contributed by atoms with E-state index in [-0.39, 0.29) is 24.4 Å². The van der Waals surface area contributed by atoms with Crippen molar-refractivity contribution in [2.24, 2.45) is 0 Å². The molecular weight excluding hydrogens is 348 g/mol. The van der Waals surface area contributed by atoms with E-state index < -0.39 is 0 Å². The lowest BCUT2D eigenvalue weighted by molar-refractivity contribution is -0.138. The van der Waals surface area contributed by atoms with Crippen LogP contribution in [0.5, 0.6) is 0 Å². The van der Waals surface area contributed by atoms with E-state index in [9.17, 15) is 4.79 Å². The zero-order valence-corrected chi connectivity index (χ0v) is 15.8. The molecule has 0 saturated heterocycles. The summed E-state index contributed by atoms with van der Waals surface area (Å²) in [6.07, 6.45) is 11.6. The molecule has 0 amide bonds. The van der Waals surface area contributed by atoms with Crippen LogP contribution in [0.25, 0.3) is 12.2 Å². The largest absolute Gasteiger partial charge is 0.463 e. The van der Waals surface area contributed by atoms with Gasteiger partial charge in [0, 0.05) is 24.5 Å². The van der Waals surface area contributed by atoms with Gasteiger partial charge in [-0.1, -0.05) is 72.8 Å². The van der Waals surface area contributed by atoms with Crippen LogP contribution in [0, 0.1) is 0 Å². The van der Waals surface area contributed by atoms with E-state index in [0.29, 0.717) is 19.4 Å². The number of aliphatic hydroxyl groups is 1. The molecule has 0 aliphatic heterocycles. The molecule has 2 aliphatic rings. The molecule has 0 radical (unpaired) electrons. The zero-order chi connectivity index (χ0) is 19.3. The number of allylic oxidation sites excluding steroid dienone is 3. The Balaban J connectivity index is 1.65. The molecule has 2 atom stereocenters. The van der Waals surface area contributed by atoms with Gasteiger partial charge in [0.2, 0.25) is 0 Å². The van der Waals surface area contributed by atoms with Crippen LogP contribution in [0.2, 0.25) is 0 Å². The second kappa shape index (κ2) is 8.41. The number of carbonyl (C=O) groups is 1. The van der Waals surface area contributed by atoms with Gasteiger partial charge in [0.1, 0.15) is 0 Å². The zero-order valence-electron chi connectivity index (χ0n) is 15.8. The molecule has 0 aromatic heterocycles. The molecule has 3 heteroatoms. The first-order chi connectivity index (χ1) is 13.8. The summed E-state index contributed by atoms with van der Waals surface area (Å²) in [6, 6.07) is 16.6. The highest BCUT2D eigenvalue weighted by Crippen LogP contribution is 2.45. The molecule has 28 heavy (non-hydrogen) atoms. The van der Waals surface area contributed by atoms with Gasteiger partial charge in [-0.25, -0.2) is 4.79 Å². The summed E-state index contributed by atoms with van der Waals surface area (Å²) in [5, 5.41) is 8.88. The van der Waals surface area contributed by atoms with Crippen LogP contribution in [0.4, 0.5) is 0 Å². The maximum absolute atomic E-state index is 12.5. The second-order valence-corrected chi connectivity index (χ2v) is 7.17. The Labute approximate surface area is 165 Å². The standard InChI is InChI=1S/C25H24O3/c26-15-5-6-16-28-25(27)17-24(22-13-11-18-7-1-3-9-20(18)22)23-14-12-19-8-2-4-10-21(19)23/h1-4,7-14,17,22-23,26H,5-6,15-16H2. The summed E-state index contributed by atoms with van der Waals surface area (Å²) in [4.78, 5) is 12.5. The molecular formula is C25H24O3. The van der Waals surface area contributed by atoms with E-state index in [1.807, 2.05) is 24.3 Å². The number of rotatable bonds is 7. The average Bonchev–Trinajstić information content (AvgIpc) is 3.34. The van der Waals surface area contributed by atoms with E-state index >= 15 is 0 Å². The van der Waals surface area contributed by atoms with Gasteiger partial charge in [-0.05, 0) is 40.7 Å². The Kier molecular flexibility index (Phi) is 5.54. The van der Waals surface area contributed by atoms with Gasteiger partial charge in [-0.2, -0.15) is 0 Å². The highest BCUT2D eigenvalue weighted by Gasteiger charge is 2.30. The summed E-state index contributed by atoms with van der Waals surface area (Å²) in [7, 11) is 0. The fourth-order valence-electron chi connectivity index (χ4n) is 4.02. The molecule has 142 valence electrons. The molecule has 0 saturated carbocycles. The third kappa shape index (κ3) is 3.71. The minimum Gasteiger partial charge on any atom is -0.463 e. The van der Waals surface area contributed by atoms with Crippen LogP contribution >= 0.6 is 0 Å². The minimum atomic E-state index is -0.316. The summed E-state index contributed by atoms with van der Waals surface area (Å²) >= 11 is 0. The van der Waals surface area contributed by atoms with Crippen molar-refractivity contribution in [2.45, 2.75) is 24.7 Å². The van der Waals surface area contributed by atoms with Crippen LogP contribution in [0.15, 0.2) is 72.3 Å². The Morgan fingerprint density at radius 1 is 0.893 bits per heavy atom. The number of unbranched alkanes of at least 4 members (excludes halogenated alkanes) is 1. The van der Waals surface area contributed by atoms with Gasteiger partial charge in [0.15, 0.2) is 0 Å². The van der Waals surface area contributed by atoms with Crippen molar-refractivity contribution in [1.82, 2.24) is 0 Å². The molecule has 2 aromatic carbocycles. The van der Waals surface area contributed by atoms with Crippen LogP contribution < -0.4 is 0 Å². The third-order valence-corrected chi connectivity index (χ3v) is 5.40. The first-order valence-electron chi connectivity index (χ1n) is 9.81. The molecule has 3 nitrogen and oxygen atoms in total. The Morgan fingerprint density at radius 2 is 1.46 bits per heavy atom. The molecule has 1 N–H and O–H groups in total. The molecule has 0 fully saturated rings.